The van der Waals surface area contributed by atoms with Gasteiger partial charge in [-0.2, -0.15) is 0 Å². The molecule has 100 valence electrons. The van der Waals surface area contributed by atoms with Crippen molar-refractivity contribution in [2.45, 2.75) is 25.3 Å². The first-order valence-corrected chi connectivity index (χ1v) is 6.77. The molecule has 0 unspecified atom stereocenters. The van der Waals surface area contributed by atoms with Crippen molar-refractivity contribution in [2.75, 3.05) is 13.1 Å². The average Bonchev–Trinajstić information content (AvgIpc) is 2.86. The Kier molecular flexibility index (Phi) is 3.03. The third-order valence-corrected chi connectivity index (χ3v) is 3.94. The SMILES string of the molecule is CC1(NC(=O)c2ccc3[nH]ccc3c2)CCNCC1. The Bertz CT molecular complexity index is 596. The molecule has 1 saturated heterocycles. The summed E-state index contributed by atoms with van der Waals surface area (Å²) >= 11 is 0. The van der Waals surface area contributed by atoms with E-state index >= 15 is 0 Å². The van der Waals surface area contributed by atoms with Crippen LogP contribution in [-0.4, -0.2) is 29.5 Å². The number of rotatable bonds is 2. The average molecular weight is 257 g/mol. The molecule has 1 aromatic carbocycles. The fraction of sp³-hybridized carbons (Fsp3) is 0.400. The van der Waals surface area contributed by atoms with Crippen LogP contribution in [0, 0.1) is 0 Å². The fourth-order valence-electron chi connectivity index (χ4n) is 2.64. The first-order chi connectivity index (χ1) is 9.16. The van der Waals surface area contributed by atoms with Crippen LogP contribution < -0.4 is 10.6 Å². The predicted octanol–water partition coefficient (Wildman–Crippen LogP) is 2.04. The third kappa shape index (κ3) is 2.49. The molecule has 1 amide bonds. The lowest BCUT2D eigenvalue weighted by Crippen LogP contribution is -2.52. The molecule has 3 N–H and O–H groups in total. The Balaban J connectivity index is 1.79. The zero-order valence-electron chi connectivity index (χ0n) is 11.1. The fourth-order valence-corrected chi connectivity index (χ4v) is 2.64. The number of nitrogens with one attached hydrogen (secondary N) is 3. The molecule has 0 atom stereocenters. The van der Waals surface area contributed by atoms with E-state index < -0.39 is 0 Å². The minimum atomic E-state index is -0.0879. The second kappa shape index (κ2) is 4.70. The molecular weight excluding hydrogens is 238 g/mol. The van der Waals surface area contributed by atoms with Gasteiger partial charge in [0.1, 0.15) is 0 Å². The Morgan fingerprint density at radius 2 is 2.05 bits per heavy atom. The van der Waals surface area contributed by atoms with E-state index in [9.17, 15) is 4.79 Å². The van der Waals surface area contributed by atoms with Crippen molar-refractivity contribution >= 4 is 16.8 Å². The number of benzene rings is 1. The van der Waals surface area contributed by atoms with E-state index in [1.54, 1.807) is 0 Å². The summed E-state index contributed by atoms with van der Waals surface area (Å²) < 4.78 is 0. The zero-order chi connectivity index (χ0) is 13.3. The van der Waals surface area contributed by atoms with Gasteiger partial charge in [0, 0.05) is 28.2 Å². The van der Waals surface area contributed by atoms with E-state index in [1.165, 1.54) is 0 Å². The van der Waals surface area contributed by atoms with E-state index in [1.807, 2.05) is 30.5 Å². The number of H-pyrrole nitrogens is 1. The summed E-state index contributed by atoms with van der Waals surface area (Å²) in [6.45, 7) is 4.06. The molecule has 19 heavy (non-hydrogen) atoms. The van der Waals surface area contributed by atoms with Crippen molar-refractivity contribution in [1.29, 1.82) is 0 Å². The molecule has 1 aliphatic heterocycles. The van der Waals surface area contributed by atoms with Crippen LogP contribution in [0.4, 0.5) is 0 Å². The van der Waals surface area contributed by atoms with Gasteiger partial charge in [0.05, 0.1) is 0 Å². The highest BCUT2D eigenvalue weighted by atomic mass is 16.1. The molecule has 0 radical (unpaired) electrons. The van der Waals surface area contributed by atoms with Gasteiger partial charge in [-0.3, -0.25) is 4.79 Å². The highest BCUT2D eigenvalue weighted by Gasteiger charge is 2.28. The lowest BCUT2D eigenvalue weighted by Gasteiger charge is -2.35. The summed E-state index contributed by atoms with van der Waals surface area (Å²) in [7, 11) is 0. The summed E-state index contributed by atoms with van der Waals surface area (Å²) in [5.41, 5.74) is 1.70. The van der Waals surface area contributed by atoms with Gasteiger partial charge in [-0.1, -0.05) is 0 Å². The molecular formula is C15H19N3O. The van der Waals surface area contributed by atoms with Crippen LogP contribution in [0.3, 0.4) is 0 Å². The molecule has 4 heteroatoms. The molecule has 1 aliphatic rings. The van der Waals surface area contributed by atoms with Crippen molar-refractivity contribution in [3.05, 3.63) is 36.0 Å². The minimum absolute atomic E-state index is 0.0208. The van der Waals surface area contributed by atoms with Gasteiger partial charge in [0.15, 0.2) is 0 Å². The molecule has 2 aromatic rings. The summed E-state index contributed by atoms with van der Waals surface area (Å²) in [6.07, 6.45) is 3.84. The smallest absolute Gasteiger partial charge is 0.251 e. The van der Waals surface area contributed by atoms with Crippen LogP contribution in [-0.2, 0) is 0 Å². The van der Waals surface area contributed by atoms with E-state index in [2.05, 4.69) is 22.5 Å². The van der Waals surface area contributed by atoms with Crippen LogP contribution in [0.5, 0.6) is 0 Å². The highest BCUT2D eigenvalue weighted by Crippen LogP contribution is 2.19. The second-order valence-electron chi connectivity index (χ2n) is 5.54. The zero-order valence-corrected chi connectivity index (χ0v) is 11.1. The van der Waals surface area contributed by atoms with Gasteiger partial charge in [0.2, 0.25) is 0 Å². The van der Waals surface area contributed by atoms with Gasteiger partial charge in [-0.25, -0.2) is 0 Å². The van der Waals surface area contributed by atoms with Crippen molar-refractivity contribution in [2.24, 2.45) is 0 Å². The molecule has 0 bridgehead atoms. The monoisotopic (exact) mass is 257 g/mol. The number of fused-ring (bicyclic) bond motifs is 1. The lowest BCUT2D eigenvalue weighted by molar-refractivity contribution is 0.0887. The minimum Gasteiger partial charge on any atom is -0.361 e. The number of hydrogen-bond acceptors (Lipinski definition) is 2. The van der Waals surface area contributed by atoms with E-state index in [-0.39, 0.29) is 11.4 Å². The Labute approximate surface area is 112 Å². The maximum atomic E-state index is 12.3. The Morgan fingerprint density at radius 1 is 1.26 bits per heavy atom. The molecule has 1 fully saturated rings. The topological polar surface area (TPSA) is 56.9 Å². The van der Waals surface area contributed by atoms with E-state index in [4.69, 9.17) is 0 Å². The van der Waals surface area contributed by atoms with Crippen LogP contribution in [0.25, 0.3) is 10.9 Å². The number of aromatic amines is 1. The first kappa shape index (κ1) is 12.2. The number of carbonyl (C=O) groups excluding carboxylic acids is 1. The summed E-state index contributed by atoms with van der Waals surface area (Å²) in [5, 5.41) is 7.57. The van der Waals surface area contributed by atoms with Crippen LogP contribution >= 0.6 is 0 Å². The largest absolute Gasteiger partial charge is 0.361 e. The normalized spacial score (nSPS) is 18.4. The van der Waals surface area contributed by atoms with Gasteiger partial charge < -0.3 is 15.6 Å². The molecule has 0 saturated carbocycles. The van der Waals surface area contributed by atoms with Gasteiger partial charge in [-0.05, 0) is 57.1 Å². The lowest BCUT2D eigenvalue weighted by atomic mass is 9.90. The number of amides is 1. The standard InChI is InChI=1S/C15H19N3O/c1-15(5-8-16-9-6-15)18-14(19)12-2-3-13-11(10-12)4-7-17-13/h2-4,7,10,16-17H,5-6,8-9H2,1H3,(H,18,19). The van der Waals surface area contributed by atoms with Crippen LogP contribution in [0.15, 0.2) is 30.5 Å². The summed E-state index contributed by atoms with van der Waals surface area (Å²) in [4.78, 5) is 15.5. The second-order valence-corrected chi connectivity index (χ2v) is 5.54. The number of hydrogen-bond donors (Lipinski definition) is 3. The quantitative estimate of drug-likeness (QED) is 0.771. The van der Waals surface area contributed by atoms with Crippen LogP contribution in [0.1, 0.15) is 30.1 Å². The molecule has 0 aliphatic carbocycles. The number of piperidine rings is 1. The third-order valence-electron chi connectivity index (χ3n) is 3.94. The van der Waals surface area contributed by atoms with E-state index in [0.29, 0.717) is 0 Å². The summed E-state index contributed by atoms with van der Waals surface area (Å²) in [6, 6.07) is 7.75. The Hall–Kier alpha value is -1.81. The number of aromatic nitrogens is 1. The Morgan fingerprint density at radius 3 is 2.84 bits per heavy atom. The first-order valence-electron chi connectivity index (χ1n) is 6.77. The van der Waals surface area contributed by atoms with Crippen LogP contribution in [0.2, 0.25) is 0 Å². The maximum Gasteiger partial charge on any atom is 0.251 e. The number of carbonyl (C=O) groups is 1. The molecule has 0 spiro atoms. The van der Waals surface area contributed by atoms with E-state index in [0.717, 1.165) is 42.4 Å². The van der Waals surface area contributed by atoms with Gasteiger partial charge in [-0.15, -0.1) is 0 Å². The van der Waals surface area contributed by atoms with Crippen molar-refractivity contribution < 1.29 is 4.79 Å². The maximum absolute atomic E-state index is 12.3. The highest BCUT2D eigenvalue weighted by molar-refractivity contribution is 5.98. The van der Waals surface area contributed by atoms with Gasteiger partial charge >= 0.3 is 0 Å². The van der Waals surface area contributed by atoms with Crippen molar-refractivity contribution in [1.82, 2.24) is 15.6 Å². The molecule has 2 heterocycles. The molecule has 1 aromatic heterocycles. The predicted molar refractivity (Wildman–Crippen MR) is 76.3 cm³/mol. The summed E-state index contributed by atoms with van der Waals surface area (Å²) in [5.74, 6) is 0.0208. The molecule has 4 nitrogen and oxygen atoms in total. The molecule has 3 rings (SSSR count). The van der Waals surface area contributed by atoms with Gasteiger partial charge in [0.25, 0.3) is 5.91 Å². The van der Waals surface area contributed by atoms with Crippen molar-refractivity contribution in [3.63, 3.8) is 0 Å². The van der Waals surface area contributed by atoms with Crippen molar-refractivity contribution in [3.8, 4) is 0 Å².